The Morgan fingerprint density at radius 3 is 2.69 bits per heavy atom. The van der Waals surface area contributed by atoms with Gasteiger partial charge in [-0.25, -0.2) is 5.10 Å². The molecule has 0 aliphatic carbocycles. The lowest BCUT2D eigenvalue weighted by atomic mass is 10.1. The molecule has 6 nitrogen and oxygen atoms in total. The molecule has 0 fully saturated rings. The highest BCUT2D eigenvalue weighted by molar-refractivity contribution is 5.88. The van der Waals surface area contributed by atoms with E-state index in [9.17, 15) is 9.59 Å². The summed E-state index contributed by atoms with van der Waals surface area (Å²) in [5, 5.41) is 11.9. The Bertz CT molecular complexity index is 1140. The maximum atomic E-state index is 12.3. The summed E-state index contributed by atoms with van der Waals surface area (Å²) in [6, 6.07) is 17.4. The first kappa shape index (κ1) is 16.1. The number of hydrogen-bond acceptors (Lipinski definition) is 3. The van der Waals surface area contributed by atoms with E-state index in [1.807, 2.05) is 30.5 Å². The molecule has 0 spiro atoms. The highest BCUT2D eigenvalue weighted by Crippen LogP contribution is 2.15. The molecule has 4 aromatic rings. The zero-order valence-corrected chi connectivity index (χ0v) is 14.1. The molecule has 2 heterocycles. The van der Waals surface area contributed by atoms with Crippen LogP contribution >= 0.6 is 0 Å². The second-order valence-corrected chi connectivity index (χ2v) is 6.14. The summed E-state index contributed by atoms with van der Waals surface area (Å²) in [5.41, 5.74) is 1.48. The number of fused-ring (bicyclic) bond motifs is 2. The third kappa shape index (κ3) is 3.09. The van der Waals surface area contributed by atoms with Crippen molar-refractivity contribution >= 4 is 27.6 Å². The van der Waals surface area contributed by atoms with Crippen LogP contribution in [0, 0.1) is 0 Å². The minimum Gasteiger partial charge on any atom is -0.354 e. The Labute approximate surface area is 149 Å². The number of amides is 1. The smallest absolute Gasteiger partial charge is 0.272 e. The van der Waals surface area contributed by atoms with Crippen molar-refractivity contribution in [3.8, 4) is 0 Å². The molecule has 0 saturated heterocycles. The summed E-state index contributed by atoms with van der Waals surface area (Å²) in [7, 11) is 0. The van der Waals surface area contributed by atoms with Gasteiger partial charge in [-0.15, -0.1) is 0 Å². The van der Waals surface area contributed by atoms with Crippen LogP contribution in [0.25, 0.3) is 21.7 Å². The number of benzene rings is 2. The van der Waals surface area contributed by atoms with Crippen molar-refractivity contribution in [2.24, 2.45) is 0 Å². The van der Waals surface area contributed by atoms with Crippen LogP contribution in [-0.4, -0.2) is 27.2 Å². The third-order valence-corrected chi connectivity index (χ3v) is 4.46. The summed E-state index contributed by atoms with van der Waals surface area (Å²) >= 11 is 0. The molecule has 2 aromatic carbocycles. The number of hydrogen-bond donors (Lipinski definition) is 2. The standard InChI is InChI=1S/C20H18N4O2/c25-19(13-17-15-6-2-3-7-16(15)20(26)23-22-17)21-10-12-24-11-9-14-5-1-4-8-18(14)24/h1-9,11H,10,12-13H2,(H,21,25)(H,23,26). The molecule has 0 atom stereocenters. The van der Waals surface area contributed by atoms with Crippen LogP contribution in [0.3, 0.4) is 0 Å². The van der Waals surface area contributed by atoms with Gasteiger partial charge in [0.2, 0.25) is 5.91 Å². The first-order valence-corrected chi connectivity index (χ1v) is 8.49. The van der Waals surface area contributed by atoms with E-state index in [0.717, 1.165) is 5.52 Å². The van der Waals surface area contributed by atoms with Crippen LogP contribution < -0.4 is 10.9 Å². The number of H-pyrrole nitrogens is 1. The number of nitrogens with one attached hydrogen (secondary N) is 2. The third-order valence-electron chi connectivity index (χ3n) is 4.46. The molecule has 0 unspecified atom stereocenters. The van der Waals surface area contributed by atoms with Gasteiger partial charge in [-0.3, -0.25) is 9.59 Å². The molecule has 0 aliphatic rings. The first-order chi connectivity index (χ1) is 12.7. The number of carbonyl (C=O) groups excluding carboxylic acids is 1. The second kappa shape index (κ2) is 6.84. The Kier molecular flexibility index (Phi) is 4.23. The predicted molar refractivity (Wildman–Crippen MR) is 101 cm³/mol. The molecule has 130 valence electrons. The number of aromatic amines is 1. The minimum absolute atomic E-state index is 0.119. The van der Waals surface area contributed by atoms with Crippen LogP contribution in [0.4, 0.5) is 0 Å². The fraction of sp³-hybridized carbons (Fsp3) is 0.150. The fourth-order valence-corrected chi connectivity index (χ4v) is 3.17. The van der Waals surface area contributed by atoms with Gasteiger partial charge in [-0.05, 0) is 23.6 Å². The van der Waals surface area contributed by atoms with Gasteiger partial charge in [-0.1, -0.05) is 36.4 Å². The molecule has 0 radical (unpaired) electrons. The van der Waals surface area contributed by atoms with E-state index in [1.165, 1.54) is 5.39 Å². The highest BCUT2D eigenvalue weighted by Gasteiger charge is 2.10. The zero-order valence-electron chi connectivity index (χ0n) is 14.1. The number of rotatable bonds is 5. The Hall–Kier alpha value is -3.41. The molecule has 6 heteroatoms. The van der Waals surface area contributed by atoms with Crippen molar-refractivity contribution in [2.45, 2.75) is 13.0 Å². The van der Waals surface area contributed by atoms with Crippen molar-refractivity contribution in [1.82, 2.24) is 20.1 Å². The summed E-state index contributed by atoms with van der Waals surface area (Å²) in [6.45, 7) is 1.22. The Balaban J connectivity index is 1.42. The van der Waals surface area contributed by atoms with Gasteiger partial charge in [0.1, 0.15) is 0 Å². The van der Waals surface area contributed by atoms with Crippen molar-refractivity contribution in [3.63, 3.8) is 0 Å². The molecule has 1 amide bonds. The number of nitrogens with zero attached hydrogens (tertiary/aromatic N) is 2. The average molecular weight is 346 g/mol. The van der Waals surface area contributed by atoms with Crippen LogP contribution in [0.1, 0.15) is 5.69 Å². The SMILES string of the molecule is O=C(Cc1n[nH]c(=O)c2ccccc12)NCCn1ccc2ccccc21. The van der Waals surface area contributed by atoms with E-state index in [0.29, 0.717) is 29.6 Å². The lowest BCUT2D eigenvalue weighted by Crippen LogP contribution is -2.29. The fourth-order valence-electron chi connectivity index (χ4n) is 3.17. The topological polar surface area (TPSA) is 79.8 Å². The van der Waals surface area contributed by atoms with Gasteiger partial charge in [0, 0.05) is 30.2 Å². The van der Waals surface area contributed by atoms with E-state index < -0.39 is 0 Å². The van der Waals surface area contributed by atoms with Crippen LogP contribution in [-0.2, 0) is 17.8 Å². The summed E-state index contributed by atoms with van der Waals surface area (Å²) in [5.74, 6) is -0.119. The average Bonchev–Trinajstić information content (AvgIpc) is 3.08. The minimum atomic E-state index is -0.246. The zero-order chi connectivity index (χ0) is 17.9. The van der Waals surface area contributed by atoms with Crippen LogP contribution in [0.5, 0.6) is 0 Å². The van der Waals surface area contributed by atoms with Gasteiger partial charge in [0.25, 0.3) is 5.56 Å². The second-order valence-electron chi connectivity index (χ2n) is 6.14. The lowest BCUT2D eigenvalue weighted by molar-refractivity contribution is -0.120. The quantitative estimate of drug-likeness (QED) is 0.582. The maximum Gasteiger partial charge on any atom is 0.272 e. The number of aromatic nitrogens is 3. The van der Waals surface area contributed by atoms with Crippen molar-refractivity contribution in [3.05, 3.63) is 76.8 Å². The van der Waals surface area contributed by atoms with Gasteiger partial charge in [0.05, 0.1) is 17.5 Å². The molecular formula is C20H18N4O2. The van der Waals surface area contributed by atoms with Crippen molar-refractivity contribution in [1.29, 1.82) is 0 Å². The van der Waals surface area contributed by atoms with Gasteiger partial charge >= 0.3 is 0 Å². The van der Waals surface area contributed by atoms with Crippen molar-refractivity contribution < 1.29 is 4.79 Å². The molecule has 2 aromatic heterocycles. The Morgan fingerprint density at radius 2 is 1.81 bits per heavy atom. The van der Waals surface area contributed by atoms with E-state index in [4.69, 9.17) is 0 Å². The first-order valence-electron chi connectivity index (χ1n) is 8.49. The monoisotopic (exact) mass is 346 g/mol. The maximum absolute atomic E-state index is 12.3. The predicted octanol–water partition coefficient (Wildman–Crippen LogP) is 2.24. The van der Waals surface area contributed by atoms with Crippen molar-refractivity contribution in [2.75, 3.05) is 6.54 Å². The van der Waals surface area contributed by atoms with E-state index >= 15 is 0 Å². The summed E-state index contributed by atoms with van der Waals surface area (Å²) < 4.78 is 2.11. The molecule has 0 bridgehead atoms. The van der Waals surface area contributed by atoms with Gasteiger partial charge < -0.3 is 9.88 Å². The van der Waals surface area contributed by atoms with Crippen LogP contribution in [0.15, 0.2) is 65.6 Å². The summed E-state index contributed by atoms with van der Waals surface area (Å²) in [6.07, 6.45) is 2.15. The largest absolute Gasteiger partial charge is 0.354 e. The summed E-state index contributed by atoms with van der Waals surface area (Å²) in [4.78, 5) is 24.1. The van der Waals surface area contributed by atoms with E-state index in [-0.39, 0.29) is 17.9 Å². The molecule has 26 heavy (non-hydrogen) atoms. The lowest BCUT2D eigenvalue weighted by Gasteiger charge is -2.08. The van der Waals surface area contributed by atoms with E-state index in [1.54, 1.807) is 12.1 Å². The number of carbonyl (C=O) groups is 1. The Morgan fingerprint density at radius 1 is 1.04 bits per heavy atom. The molecule has 4 rings (SSSR count). The van der Waals surface area contributed by atoms with Gasteiger partial charge in [0.15, 0.2) is 0 Å². The number of para-hydroxylation sites is 1. The molecule has 0 aliphatic heterocycles. The molecule has 0 saturated carbocycles. The highest BCUT2D eigenvalue weighted by atomic mass is 16.1. The van der Waals surface area contributed by atoms with E-state index in [2.05, 4.69) is 38.3 Å². The molecule has 2 N–H and O–H groups in total. The van der Waals surface area contributed by atoms with Gasteiger partial charge in [-0.2, -0.15) is 5.10 Å². The van der Waals surface area contributed by atoms with Crippen LogP contribution in [0.2, 0.25) is 0 Å². The normalized spacial score (nSPS) is 11.1. The molecular weight excluding hydrogens is 328 g/mol.